The van der Waals surface area contributed by atoms with Gasteiger partial charge < -0.3 is 9.84 Å². The van der Waals surface area contributed by atoms with E-state index < -0.39 is 11.2 Å². The minimum Gasteiger partial charge on any atom is -0.459 e. The highest BCUT2D eigenvalue weighted by atomic mass is 16.6. The molecule has 3 atom stereocenters. The van der Waals surface area contributed by atoms with E-state index >= 15 is 0 Å². The molecular formula is C19H32O3. The first kappa shape index (κ1) is 16.3. The van der Waals surface area contributed by atoms with Crippen molar-refractivity contribution < 1.29 is 14.6 Å². The number of hydrogen-bond acceptors (Lipinski definition) is 3. The standard InChI is InChI=1S/C19H32O3/c1-5-14(4)15(20)22-19-11-16(6-2)8-17(7-3,12-19)10-18(21,9-16)13-19/h14,21H,5-13H2,1-4H3. The van der Waals surface area contributed by atoms with Gasteiger partial charge in [0.25, 0.3) is 0 Å². The summed E-state index contributed by atoms with van der Waals surface area (Å²) >= 11 is 0. The second-order valence-corrected chi connectivity index (χ2v) is 8.91. The van der Waals surface area contributed by atoms with Crippen LogP contribution in [0.25, 0.3) is 0 Å². The van der Waals surface area contributed by atoms with Gasteiger partial charge in [-0.1, -0.05) is 40.5 Å². The molecule has 0 radical (unpaired) electrons. The maximum absolute atomic E-state index is 12.4. The lowest BCUT2D eigenvalue weighted by Crippen LogP contribution is -2.67. The molecule has 0 spiro atoms. The lowest BCUT2D eigenvalue weighted by Gasteiger charge is -2.68. The van der Waals surface area contributed by atoms with Gasteiger partial charge in [0.15, 0.2) is 0 Å². The predicted octanol–water partition coefficient (Wildman–Crippen LogP) is 4.22. The summed E-state index contributed by atoms with van der Waals surface area (Å²) in [7, 11) is 0. The minimum atomic E-state index is -0.615. The molecule has 0 amide bonds. The van der Waals surface area contributed by atoms with E-state index in [1.807, 2.05) is 13.8 Å². The molecule has 4 aliphatic carbocycles. The average Bonchev–Trinajstić information content (AvgIpc) is 2.43. The largest absolute Gasteiger partial charge is 0.459 e. The second kappa shape index (κ2) is 4.96. The molecule has 0 aromatic heterocycles. The van der Waals surface area contributed by atoms with Crippen LogP contribution in [-0.2, 0) is 9.53 Å². The molecule has 3 heteroatoms. The van der Waals surface area contributed by atoms with Crippen LogP contribution in [0.1, 0.15) is 85.5 Å². The number of rotatable bonds is 5. The summed E-state index contributed by atoms with van der Waals surface area (Å²) in [5.74, 6) is -0.108. The van der Waals surface area contributed by atoms with E-state index in [1.165, 1.54) is 6.42 Å². The average molecular weight is 308 g/mol. The number of hydrogen-bond donors (Lipinski definition) is 1. The van der Waals surface area contributed by atoms with Gasteiger partial charge in [0, 0.05) is 6.42 Å². The summed E-state index contributed by atoms with van der Waals surface area (Å²) in [5.41, 5.74) is -0.670. The van der Waals surface area contributed by atoms with Crippen molar-refractivity contribution in [1.82, 2.24) is 0 Å². The van der Waals surface area contributed by atoms with Gasteiger partial charge in [-0.25, -0.2) is 0 Å². The molecule has 3 nitrogen and oxygen atoms in total. The van der Waals surface area contributed by atoms with Gasteiger partial charge in [-0.2, -0.15) is 0 Å². The molecule has 0 aromatic carbocycles. The van der Waals surface area contributed by atoms with Gasteiger partial charge in [-0.15, -0.1) is 0 Å². The van der Waals surface area contributed by atoms with Crippen molar-refractivity contribution in [2.75, 3.05) is 0 Å². The first-order valence-corrected chi connectivity index (χ1v) is 9.18. The maximum atomic E-state index is 12.4. The van der Waals surface area contributed by atoms with Gasteiger partial charge in [0.05, 0.1) is 11.5 Å². The molecule has 0 saturated heterocycles. The van der Waals surface area contributed by atoms with Gasteiger partial charge in [-0.3, -0.25) is 4.79 Å². The van der Waals surface area contributed by atoms with Gasteiger partial charge >= 0.3 is 5.97 Å². The van der Waals surface area contributed by atoms with Crippen LogP contribution in [-0.4, -0.2) is 22.3 Å². The molecular weight excluding hydrogens is 276 g/mol. The van der Waals surface area contributed by atoms with E-state index in [0.29, 0.717) is 6.42 Å². The lowest BCUT2D eigenvalue weighted by molar-refractivity contribution is -0.269. The van der Waals surface area contributed by atoms with Crippen molar-refractivity contribution >= 4 is 5.97 Å². The number of carbonyl (C=O) groups excluding carboxylic acids is 1. The van der Waals surface area contributed by atoms with Crippen LogP contribution in [0.4, 0.5) is 0 Å². The highest BCUT2D eigenvalue weighted by Gasteiger charge is 2.68. The zero-order valence-corrected chi connectivity index (χ0v) is 14.7. The van der Waals surface area contributed by atoms with E-state index in [2.05, 4.69) is 13.8 Å². The molecule has 4 saturated carbocycles. The van der Waals surface area contributed by atoms with Crippen molar-refractivity contribution in [2.45, 2.75) is 96.7 Å². The normalized spacial score (nSPS) is 47.5. The molecule has 0 heterocycles. The number of esters is 1. The van der Waals surface area contributed by atoms with Crippen LogP contribution in [0.2, 0.25) is 0 Å². The Kier molecular flexibility index (Phi) is 3.67. The Morgan fingerprint density at radius 2 is 1.55 bits per heavy atom. The van der Waals surface area contributed by atoms with Crippen LogP contribution in [0, 0.1) is 16.7 Å². The Morgan fingerprint density at radius 1 is 1.00 bits per heavy atom. The molecule has 4 aliphatic rings. The summed E-state index contributed by atoms with van der Waals surface area (Å²) in [6.45, 7) is 8.46. The highest BCUT2D eigenvalue weighted by Crippen LogP contribution is 2.70. The van der Waals surface area contributed by atoms with Gasteiger partial charge in [-0.05, 0) is 49.4 Å². The molecule has 4 fully saturated rings. The number of ether oxygens (including phenoxy) is 1. The van der Waals surface area contributed by atoms with Crippen molar-refractivity contribution in [3.63, 3.8) is 0 Å². The second-order valence-electron chi connectivity index (χ2n) is 8.91. The Balaban J connectivity index is 1.93. The molecule has 3 unspecified atom stereocenters. The molecule has 0 aliphatic heterocycles. The predicted molar refractivity (Wildman–Crippen MR) is 86.4 cm³/mol. The third kappa shape index (κ3) is 2.40. The summed E-state index contributed by atoms with van der Waals surface area (Å²) in [4.78, 5) is 12.4. The molecule has 1 N–H and O–H groups in total. The van der Waals surface area contributed by atoms with Crippen molar-refractivity contribution in [3.8, 4) is 0 Å². The molecule has 4 bridgehead atoms. The van der Waals surface area contributed by atoms with E-state index in [1.54, 1.807) is 0 Å². The fraction of sp³-hybridized carbons (Fsp3) is 0.947. The summed E-state index contributed by atoms with van der Waals surface area (Å²) in [6.07, 6.45) is 8.58. The number of carbonyl (C=O) groups is 1. The van der Waals surface area contributed by atoms with Crippen LogP contribution in [0.3, 0.4) is 0 Å². The monoisotopic (exact) mass is 308 g/mol. The first-order chi connectivity index (χ1) is 10.2. The highest BCUT2D eigenvalue weighted by molar-refractivity contribution is 5.72. The van der Waals surface area contributed by atoms with Crippen LogP contribution < -0.4 is 0 Å². The Bertz CT molecular complexity index is 449. The Hall–Kier alpha value is -0.570. The first-order valence-electron chi connectivity index (χ1n) is 9.18. The Morgan fingerprint density at radius 3 is 2.00 bits per heavy atom. The molecule has 126 valence electrons. The number of aliphatic hydroxyl groups is 1. The van der Waals surface area contributed by atoms with Crippen LogP contribution in [0.15, 0.2) is 0 Å². The SMILES string of the molecule is CCC(C)C(=O)OC12CC3(O)CC(CC)(CC(CC)(C3)C1)C2. The minimum absolute atomic E-state index is 0.0437. The van der Waals surface area contributed by atoms with Crippen LogP contribution in [0.5, 0.6) is 0 Å². The third-order valence-corrected chi connectivity index (χ3v) is 7.04. The smallest absolute Gasteiger partial charge is 0.309 e. The van der Waals surface area contributed by atoms with Crippen LogP contribution >= 0.6 is 0 Å². The third-order valence-electron chi connectivity index (χ3n) is 7.04. The van der Waals surface area contributed by atoms with Crippen molar-refractivity contribution in [3.05, 3.63) is 0 Å². The van der Waals surface area contributed by atoms with Gasteiger partial charge in [0.1, 0.15) is 5.60 Å². The zero-order valence-electron chi connectivity index (χ0n) is 14.7. The van der Waals surface area contributed by atoms with Crippen molar-refractivity contribution in [1.29, 1.82) is 0 Å². The van der Waals surface area contributed by atoms with Crippen molar-refractivity contribution in [2.24, 2.45) is 16.7 Å². The van der Waals surface area contributed by atoms with Gasteiger partial charge in [0.2, 0.25) is 0 Å². The fourth-order valence-corrected chi connectivity index (χ4v) is 6.25. The fourth-order valence-electron chi connectivity index (χ4n) is 6.25. The quantitative estimate of drug-likeness (QED) is 0.774. The maximum Gasteiger partial charge on any atom is 0.309 e. The van der Waals surface area contributed by atoms with E-state index in [0.717, 1.165) is 44.9 Å². The summed E-state index contributed by atoms with van der Waals surface area (Å²) < 4.78 is 6.12. The van der Waals surface area contributed by atoms with E-state index in [-0.39, 0.29) is 22.7 Å². The lowest BCUT2D eigenvalue weighted by atomic mass is 9.40. The van der Waals surface area contributed by atoms with E-state index in [9.17, 15) is 9.90 Å². The molecule has 0 aromatic rings. The Labute approximate surface area is 134 Å². The zero-order chi connectivity index (χ0) is 16.2. The molecule has 22 heavy (non-hydrogen) atoms. The van der Waals surface area contributed by atoms with E-state index in [4.69, 9.17) is 4.74 Å². The summed E-state index contributed by atoms with van der Waals surface area (Å²) in [5, 5.41) is 11.2. The summed E-state index contributed by atoms with van der Waals surface area (Å²) in [6, 6.07) is 0. The molecule has 4 rings (SSSR count). The topological polar surface area (TPSA) is 46.5 Å².